The Bertz CT molecular complexity index is 767. The van der Waals surface area contributed by atoms with Crippen molar-refractivity contribution in [3.8, 4) is 5.75 Å². The molecule has 2 aromatic rings. The van der Waals surface area contributed by atoms with Gasteiger partial charge in [0.1, 0.15) is 12.4 Å². The van der Waals surface area contributed by atoms with Gasteiger partial charge in [-0.3, -0.25) is 15.1 Å². The van der Waals surface area contributed by atoms with Gasteiger partial charge in [-0.15, -0.1) is 0 Å². The van der Waals surface area contributed by atoms with Crippen molar-refractivity contribution < 1.29 is 14.3 Å². The van der Waals surface area contributed by atoms with Crippen molar-refractivity contribution in [2.45, 2.75) is 26.3 Å². The smallest absolute Gasteiger partial charge is 0.411 e. The minimum absolute atomic E-state index is 0.388. The molecule has 0 saturated carbocycles. The zero-order valence-electron chi connectivity index (χ0n) is 18.0. The Morgan fingerprint density at radius 2 is 1.83 bits per heavy atom. The van der Waals surface area contributed by atoms with Crippen LogP contribution < -0.4 is 10.1 Å². The van der Waals surface area contributed by atoms with Gasteiger partial charge in [-0.25, -0.2) is 4.79 Å². The number of nitrogens with one attached hydrogen (secondary N) is 1. The molecule has 1 aliphatic rings. The number of hydrogen-bond acceptors (Lipinski definition) is 5. The summed E-state index contributed by atoms with van der Waals surface area (Å²) >= 11 is 0. The topological polar surface area (TPSA) is 54.0 Å². The van der Waals surface area contributed by atoms with Crippen molar-refractivity contribution in [1.29, 1.82) is 0 Å². The van der Waals surface area contributed by atoms with E-state index in [0.717, 1.165) is 44.9 Å². The van der Waals surface area contributed by atoms with Crippen molar-refractivity contribution in [3.05, 3.63) is 60.2 Å². The normalized spacial score (nSPS) is 17.5. The van der Waals surface area contributed by atoms with Crippen molar-refractivity contribution in [2.24, 2.45) is 0 Å². The molecule has 0 spiro atoms. The van der Waals surface area contributed by atoms with Gasteiger partial charge in [-0.1, -0.05) is 30.3 Å². The summed E-state index contributed by atoms with van der Waals surface area (Å²) < 4.78 is 10.8. The van der Waals surface area contributed by atoms with Crippen molar-refractivity contribution >= 4 is 11.8 Å². The van der Waals surface area contributed by atoms with E-state index < -0.39 is 6.09 Å². The fourth-order valence-corrected chi connectivity index (χ4v) is 3.75. The molecular formula is C24H33N3O3. The Labute approximate surface area is 179 Å². The quantitative estimate of drug-likeness (QED) is 0.679. The highest BCUT2D eigenvalue weighted by molar-refractivity contribution is 5.84. The SMILES string of the molecule is CCOc1ccc(NC(=O)OCCN2CCN(CCc3ccccc3)[C@H](C)C2)cc1. The molecule has 1 fully saturated rings. The van der Waals surface area contributed by atoms with E-state index in [2.05, 4.69) is 52.4 Å². The highest BCUT2D eigenvalue weighted by atomic mass is 16.5. The molecule has 0 radical (unpaired) electrons. The van der Waals surface area contributed by atoms with Gasteiger partial charge in [0.05, 0.1) is 6.61 Å². The predicted molar refractivity (Wildman–Crippen MR) is 120 cm³/mol. The van der Waals surface area contributed by atoms with E-state index in [4.69, 9.17) is 9.47 Å². The Morgan fingerprint density at radius 1 is 1.07 bits per heavy atom. The van der Waals surface area contributed by atoms with Crippen molar-refractivity contribution in [1.82, 2.24) is 9.80 Å². The molecule has 1 aliphatic heterocycles. The summed E-state index contributed by atoms with van der Waals surface area (Å²) in [6.45, 7) is 10.1. The zero-order chi connectivity index (χ0) is 21.2. The lowest BCUT2D eigenvalue weighted by atomic mass is 10.1. The predicted octanol–water partition coefficient (Wildman–Crippen LogP) is 3.88. The van der Waals surface area contributed by atoms with Gasteiger partial charge in [0.25, 0.3) is 0 Å². The first-order chi connectivity index (χ1) is 14.6. The number of carbonyl (C=O) groups is 1. The van der Waals surface area contributed by atoms with E-state index in [0.29, 0.717) is 24.9 Å². The first kappa shape index (κ1) is 22.1. The van der Waals surface area contributed by atoms with E-state index in [1.807, 2.05) is 31.2 Å². The number of ether oxygens (including phenoxy) is 2. The second-order valence-electron chi connectivity index (χ2n) is 7.64. The highest BCUT2D eigenvalue weighted by Gasteiger charge is 2.23. The van der Waals surface area contributed by atoms with Crippen LogP contribution in [-0.2, 0) is 11.2 Å². The number of rotatable bonds is 9. The lowest BCUT2D eigenvalue weighted by Gasteiger charge is -2.39. The molecule has 1 N–H and O–H groups in total. The van der Waals surface area contributed by atoms with Crippen LogP contribution in [0.4, 0.5) is 10.5 Å². The minimum atomic E-state index is -0.422. The molecule has 0 bridgehead atoms. The van der Waals surface area contributed by atoms with Gasteiger partial charge < -0.3 is 9.47 Å². The van der Waals surface area contributed by atoms with Gasteiger partial charge >= 0.3 is 6.09 Å². The Morgan fingerprint density at radius 3 is 2.53 bits per heavy atom. The summed E-state index contributed by atoms with van der Waals surface area (Å²) in [4.78, 5) is 16.9. The Kier molecular flexibility index (Phi) is 8.53. The summed E-state index contributed by atoms with van der Waals surface area (Å²) in [7, 11) is 0. The number of hydrogen-bond donors (Lipinski definition) is 1. The van der Waals surface area contributed by atoms with Crippen LogP contribution in [-0.4, -0.2) is 67.9 Å². The van der Waals surface area contributed by atoms with Gasteiger partial charge in [0.2, 0.25) is 0 Å². The molecule has 30 heavy (non-hydrogen) atoms. The number of anilines is 1. The number of benzene rings is 2. The maximum absolute atomic E-state index is 12.0. The molecule has 2 aromatic carbocycles. The summed E-state index contributed by atoms with van der Waals surface area (Å²) in [5.74, 6) is 0.786. The molecule has 6 heteroatoms. The fraction of sp³-hybridized carbons (Fsp3) is 0.458. The lowest BCUT2D eigenvalue weighted by Crippen LogP contribution is -2.52. The van der Waals surface area contributed by atoms with Gasteiger partial charge in [-0.05, 0) is 50.1 Å². The van der Waals surface area contributed by atoms with Gasteiger partial charge in [0.15, 0.2) is 0 Å². The Hall–Kier alpha value is -2.57. The third-order valence-electron chi connectivity index (χ3n) is 5.43. The van der Waals surface area contributed by atoms with Crippen LogP contribution in [0, 0.1) is 0 Å². The van der Waals surface area contributed by atoms with Gasteiger partial charge in [-0.2, -0.15) is 0 Å². The summed E-state index contributed by atoms with van der Waals surface area (Å²) in [6, 6.07) is 18.4. The first-order valence-electron chi connectivity index (χ1n) is 10.8. The molecule has 6 nitrogen and oxygen atoms in total. The monoisotopic (exact) mass is 411 g/mol. The minimum Gasteiger partial charge on any atom is -0.494 e. The largest absolute Gasteiger partial charge is 0.494 e. The van der Waals surface area contributed by atoms with E-state index in [1.54, 1.807) is 0 Å². The summed E-state index contributed by atoms with van der Waals surface area (Å²) in [5.41, 5.74) is 2.09. The van der Waals surface area contributed by atoms with E-state index in [1.165, 1.54) is 5.56 Å². The molecule has 3 rings (SSSR count). The van der Waals surface area contributed by atoms with Crippen LogP contribution in [0.1, 0.15) is 19.4 Å². The van der Waals surface area contributed by atoms with Crippen LogP contribution >= 0.6 is 0 Å². The molecule has 1 atom stereocenters. The van der Waals surface area contributed by atoms with Crippen molar-refractivity contribution in [3.63, 3.8) is 0 Å². The third-order valence-corrected chi connectivity index (χ3v) is 5.43. The molecule has 0 aromatic heterocycles. The van der Waals surface area contributed by atoms with Crippen LogP contribution in [0.3, 0.4) is 0 Å². The van der Waals surface area contributed by atoms with E-state index >= 15 is 0 Å². The van der Waals surface area contributed by atoms with Crippen LogP contribution in [0.5, 0.6) is 5.75 Å². The maximum Gasteiger partial charge on any atom is 0.411 e. The standard InChI is InChI=1S/C24H33N3O3/c1-3-29-23-11-9-22(10-12-23)25-24(28)30-18-17-26-15-16-27(20(2)19-26)14-13-21-7-5-4-6-8-21/h4-12,20H,3,13-19H2,1-2H3,(H,25,28)/t20-/m1/s1. The van der Waals surface area contributed by atoms with Crippen molar-refractivity contribution in [2.75, 3.05) is 51.3 Å². The van der Waals surface area contributed by atoms with E-state index in [-0.39, 0.29) is 0 Å². The Balaban J connectivity index is 1.32. The van der Waals surface area contributed by atoms with Crippen LogP contribution in [0.15, 0.2) is 54.6 Å². The highest BCUT2D eigenvalue weighted by Crippen LogP contribution is 2.16. The molecular weight excluding hydrogens is 378 g/mol. The third kappa shape index (κ3) is 7.04. The van der Waals surface area contributed by atoms with Gasteiger partial charge in [0, 0.05) is 44.5 Å². The number of nitrogens with zero attached hydrogens (tertiary/aromatic N) is 2. The molecule has 1 amide bonds. The lowest BCUT2D eigenvalue weighted by molar-refractivity contribution is 0.0677. The average molecular weight is 412 g/mol. The molecule has 1 saturated heterocycles. The number of piperazine rings is 1. The zero-order valence-corrected chi connectivity index (χ0v) is 18.0. The molecule has 0 aliphatic carbocycles. The second-order valence-corrected chi connectivity index (χ2v) is 7.64. The fourth-order valence-electron chi connectivity index (χ4n) is 3.75. The molecule has 162 valence electrons. The first-order valence-corrected chi connectivity index (χ1v) is 10.8. The van der Waals surface area contributed by atoms with Crippen LogP contribution in [0.25, 0.3) is 0 Å². The molecule has 1 heterocycles. The second kappa shape index (κ2) is 11.6. The maximum atomic E-state index is 12.0. The number of amides is 1. The summed E-state index contributed by atoms with van der Waals surface area (Å²) in [5, 5.41) is 2.75. The number of carbonyl (C=O) groups excluding carboxylic acids is 1. The van der Waals surface area contributed by atoms with Crippen LogP contribution in [0.2, 0.25) is 0 Å². The average Bonchev–Trinajstić information content (AvgIpc) is 2.75. The van der Waals surface area contributed by atoms with E-state index in [9.17, 15) is 4.79 Å². The summed E-state index contributed by atoms with van der Waals surface area (Å²) in [6.07, 6.45) is 0.661. The molecule has 0 unspecified atom stereocenters.